The molecule has 1 atom stereocenters. The summed E-state index contributed by atoms with van der Waals surface area (Å²) in [6.07, 6.45) is -0.698. The highest BCUT2D eigenvalue weighted by Crippen LogP contribution is 2.16. The number of halogens is 2. The maximum absolute atomic E-state index is 12.8. The van der Waals surface area contributed by atoms with Crippen LogP contribution in [-0.4, -0.2) is 12.0 Å². The van der Waals surface area contributed by atoms with Gasteiger partial charge in [0.1, 0.15) is 11.6 Å². The second-order valence-electron chi connectivity index (χ2n) is 4.21. The number of nitrogens with one attached hydrogen (secondary N) is 1. The van der Waals surface area contributed by atoms with Crippen LogP contribution in [0.4, 0.5) is 10.1 Å². The monoisotopic (exact) mass is 293 g/mol. The number of rotatable bonds is 4. The number of hydrogen-bond acceptors (Lipinski definition) is 2. The van der Waals surface area contributed by atoms with E-state index in [0.717, 1.165) is 0 Å². The summed E-state index contributed by atoms with van der Waals surface area (Å²) in [4.78, 5) is 11.9. The molecule has 2 aromatic carbocycles. The first-order valence-corrected chi connectivity index (χ1v) is 6.41. The smallest absolute Gasteiger partial charge is 0.265 e. The Labute approximate surface area is 121 Å². The van der Waals surface area contributed by atoms with Crippen LogP contribution < -0.4 is 10.1 Å². The molecule has 0 aliphatic carbocycles. The lowest BCUT2D eigenvalue weighted by Gasteiger charge is -2.14. The predicted molar refractivity (Wildman–Crippen MR) is 76.6 cm³/mol. The van der Waals surface area contributed by atoms with E-state index in [1.807, 2.05) is 0 Å². The number of anilines is 1. The number of carbonyl (C=O) groups is 1. The summed E-state index contributed by atoms with van der Waals surface area (Å²) < 4.78 is 18.2. The van der Waals surface area contributed by atoms with Gasteiger partial charge in [-0.1, -0.05) is 11.6 Å². The molecular formula is C15H13ClFNO2. The molecule has 0 aliphatic heterocycles. The quantitative estimate of drug-likeness (QED) is 0.929. The molecule has 0 aromatic heterocycles. The van der Waals surface area contributed by atoms with Crippen LogP contribution in [0.1, 0.15) is 6.92 Å². The van der Waals surface area contributed by atoms with Crippen LogP contribution in [0.2, 0.25) is 5.02 Å². The normalized spacial score (nSPS) is 11.8. The summed E-state index contributed by atoms with van der Waals surface area (Å²) in [6, 6.07) is 12.3. The zero-order valence-corrected chi connectivity index (χ0v) is 11.5. The van der Waals surface area contributed by atoms with Crippen molar-refractivity contribution in [2.24, 2.45) is 0 Å². The van der Waals surface area contributed by atoms with Gasteiger partial charge in [0.15, 0.2) is 6.10 Å². The van der Waals surface area contributed by atoms with E-state index in [4.69, 9.17) is 16.3 Å². The average Bonchev–Trinajstić information content (AvgIpc) is 2.44. The van der Waals surface area contributed by atoms with Crippen molar-refractivity contribution in [3.05, 3.63) is 59.4 Å². The summed E-state index contributed by atoms with van der Waals surface area (Å²) in [5, 5.41) is 3.30. The number of amides is 1. The molecule has 0 radical (unpaired) electrons. The highest BCUT2D eigenvalue weighted by molar-refractivity contribution is 6.30. The van der Waals surface area contributed by atoms with E-state index in [0.29, 0.717) is 16.5 Å². The topological polar surface area (TPSA) is 38.3 Å². The van der Waals surface area contributed by atoms with Gasteiger partial charge in [0.05, 0.1) is 0 Å². The van der Waals surface area contributed by atoms with Gasteiger partial charge in [0.25, 0.3) is 5.91 Å². The molecular weight excluding hydrogens is 281 g/mol. The molecule has 1 N–H and O–H groups in total. The highest BCUT2D eigenvalue weighted by atomic mass is 35.5. The lowest BCUT2D eigenvalue weighted by Crippen LogP contribution is -2.30. The molecule has 20 heavy (non-hydrogen) atoms. The molecule has 0 saturated heterocycles. The highest BCUT2D eigenvalue weighted by Gasteiger charge is 2.14. The summed E-state index contributed by atoms with van der Waals surface area (Å²) in [5.41, 5.74) is 0.633. The Morgan fingerprint density at radius 1 is 1.15 bits per heavy atom. The van der Waals surface area contributed by atoms with Crippen molar-refractivity contribution >= 4 is 23.2 Å². The van der Waals surface area contributed by atoms with Gasteiger partial charge in [-0.3, -0.25) is 4.79 Å². The minimum atomic E-state index is -0.698. The first-order chi connectivity index (χ1) is 9.54. The van der Waals surface area contributed by atoms with Crippen molar-refractivity contribution in [1.82, 2.24) is 0 Å². The molecule has 0 bridgehead atoms. The van der Waals surface area contributed by atoms with Crippen molar-refractivity contribution < 1.29 is 13.9 Å². The molecule has 2 rings (SSSR count). The zero-order chi connectivity index (χ0) is 14.5. The molecule has 5 heteroatoms. The average molecular weight is 294 g/mol. The molecule has 0 heterocycles. The fraction of sp³-hybridized carbons (Fsp3) is 0.133. The number of benzene rings is 2. The molecule has 1 amide bonds. The predicted octanol–water partition coefficient (Wildman–Crippen LogP) is 3.89. The fourth-order valence-corrected chi connectivity index (χ4v) is 1.67. The lowest BCUT2D eigenvalue weighted by atomic mass is 10.3. The van der Waals surface area contributed by atoms with Crippen LogP contribution in [0.15, 0.2) is 48.5 Å². The van der Waals surface area contributed by atoms with Crippen LogP contribution >= 0.6 is 11.6 Å². The Hall–Kier alpha value is -2.07. The minimum absolute atomic E-state index is 0.295. The van der Waals surface area contributed by atoms with Gasteiger partial charge in [-0.15, -0.1) is 0 Å². The van der Waals surface area contributed by atoms with Crippen LogP contribution in [-0.2, 0) is 4.79 Å². The van der Waals surface area contributed by atoms with Crippen molar-refractivity contribution in [3.8, 4) is 5.75 Å². The third-order valence-electron chi connectivity index (χ3n) is 2.61. The zero-order valence-electron chi connectivity index (χ0n) is 10.8. The van der Waals surface area contributed by atoms with Crippen molar-refractivity contribution in [2.45, 2.75) is 13.0 Å². The number of carbonyl (C=O) groups excluding carboxylic acids is 1. The number of hydrogen-bond donors (Lipinski definition) is 1. The molecule has 0 unspecified atom stereocenters. The van der Waals surface area contributed by atoms with E-state index in [1.54, 1.807) is 31.2 Å². The Morgan fingerprint density at radius 3 is 2.35 bits per heavy atom. The molecule has 0 spiro atoms. The van der Waals surface area contributed by atoms with Gasteiger partial charge >= 0.3 is 0 Å². The second kappa shape index (κ2) is 6.39. The maximum atomic E-state index is 12.8. The van der Waals surface area contributed by atoms with E-state index in [9.17, 15) is 9.18 Å². The Balaban J connectivity index is 1.94. The Bertz CT molecular complexity index is 584. The molecule has 0 aliphatic rings. The molecule has 104 valence electrons. The lowest BCUT2D eigenvalue weighted by molar-refractivity contribution is -0.122. The molecule has 3 nitrogen and oxygen atoms in total. The van der Waals surface area contributed by atoms with E-state index < -0.39 is 6.10 Å². The van der Waals surface area contributed by atoms with E-state index in [1.165, 1.54) is 24.3 Å². The second-order valence-corrected chi connectivity index (χ2v) is 4.65. The molecule has 2 aromatic rings. The fourth-order valence-electron chi connectivity index (χ4n) is 1.55. The minimum Gasteiger partial charge on any atom is -0.481 e. The van der Waals surface area contributed by atoms with Gasteiger partial charge < -0.3 is 10.1 Å². The first-order valence-electron chi connectivity index (χ1n) is 6.03. The first kappa shape index (κ1) is 14.3. The van der Waals surface area contributed by atoms with Crippen LogP contribution in [0, 0.1) is 5.82 Å². The van der Waals surface area contributed by atoms with Gasteiger partial charge in [-0.05, 0) is 55.5 Å². The van der Waals surface area contributed by atoms with Crippen molar-refractivity contribution in [3.63, 3.8) is 0 Å². The summed E-state index contributed by atoms with van der Waals surface area (Å²) >= 11 is 5.76. The van der Waals surface area contributed by atoms with Crippen molar-refractivity contribution in [1.29, 1.82) is 0 Å². The van der Waals surface area contributed by atoms with E-state index in [2.05, 4.69) is 5.32 Å². The van der Waals surface area contributed by atoms with Gasteiger partial charge in [0, 0.05) is 10.7 Å². The third kappa shape index (κ3) is 3.96. The van der Waals surface area contributed by atoms with Crippen LogP contribution in [0.5, 0.6) is 5.75 Å². The van der Waals surface area contributed by atoms with Gasteiger partial charge in [0.2, 0.25) is 0 Å². The van der Waals surface area contributed by atoms with Crippen LogP contribution in [0.3, 0.4) is 0 Å². The van der Waals surface area contributed by atoms with E-state index in [-0.39, 0.29) is 11.7 Å². The standard InChI is InChI=1S/C15H13ClFNO2/c1-10(20-14-8-4-12(17)5-9-14)15(19)18-13-6-2-11(16)3-7-13/h2-10H,1H3,(H,18,19)/t10-/m0/s1. The Morgan fingerprint density at radius 2 is 1.75 bits per heavy atom. The van der Waals surface area contributed by atoms with Crippen molar-refractivity contribution in [2.75, 3.05) is 5.32 Å². The van der Waals surface area contributed by atoms with E-state index >= 15 is 0 Å². The summed E-state index contributed by atoms with van der Waals surface area (Å²) in [6.45, 7) is 1.62. The SMILES string of the molecule is C[C@H](Oc1ccc(F)cc1)C(=O)Nc1ccc(Cl)cc1. The van der Waals surface area contributed by atoms with Gasteiger partial charge in [-0.2, -0.15) is 0 Å². The Kier molecular flexibility index (Phi) is 4.58. The largest absolute Gasteiger partial charge is 0.481 e. The summed E-state index contributed by atoms with van der Waals surface area (Å²) in [7, 11) is 0. The third-order valence-corrected chi connectivity index (χ3v) is 2.86. The van der Waals surface area contributed by atoms with Gasteiger partial charge in [-0.25, -0.2) is 4.39 Å². The molecule has 0 saturated carbocycles. The molecule has 0 fully saturated rings. The number of ether oxygens (including phenoxy) is 1. The van der Waals surface area contributed by atoms with Crippen LogP contribution in [0.25, 0.3) is 0 Å². The summed E-state index contributed by atoms with van der Waals surface area (Å²) in [5.74, 6) is -0.211. The maximum Gasteiger partial charge on any atom is 0.265 e.